The molecule has 0 aliphatic carbocycles. The van der Waals surface area contributed by atoms with Gasteiger partial charge in [-0.1, -0.05) is 42.5 Å². The van der Waals surface area contributed by atoms with E-state index in [-0.39, 0.29) is 18.0 Å². The van der Waals surface area contributed by atoms with Crippen molar-refractivity contribution in [2.45, 2.75) is 39.0 Å². The van der Waals surface area contributed by atoms with Crippen molar-refractivity contribution >= 4 is 0 Å². The van der Waals surface area contributed by atoms with E-state index in [4.69, 9.17) is 0 Å². The summed E-state index contributed by atoms with van der Waals surface area (Å²) in [4.78, 5) is 2.28. The van der Waals surface area contributed by atoms with Gasteiger partial charge >= 0.3 is 0 Å². The first-order chi connectivity index (χ1) is 13.0. The summed E-state index contributed by atoms with van der Waals surface area (Å²) >= 11 is 0. The SMILES string of the molecule is CC(C)(CO)N(Cc1ccccc1)Cc1cccn1Cc1cccc(F)c1. The van der Waals surface area contributed by atoms with Crippen LogP contribution in [-0.4, -0.2) is 26.7 Å². The highest BCUT2D eigenvalue weighted by Crippen LogP contribution is 2.22. The van der Waals surface area contributed by atoms with E-state index >= 15 is 0 Å². The van der Waals surface area contributed by atoms with E-state index in [2.05, 4.69) is 41.5 Å². The van der Waals surface area contributed by atoms with Crippen LogP contribution in [0.15, 0.2) is 72.9 Å². The maximum absolute atomic E-state index is 13.5. The van der Waals surface area contributed by atoms with Gasteiger partial charge in [0.05, 0.1) is 6.61 Å². The molecule has 1 heterocycles. The fraction of sp³-hybridized carbons (Fsp3) is 0.304. The van der Waals surface area contributed by atoms with Gasteiger partial charge in [0.15, 0.2) is 0 Å². The smallest absolute Gasteiger partial charge is 0.123 e. The van der Waals surface area contributed by atoms with Crippen molar-refractivity contribution in [3.05, 3.63) is 95.6 Å². The molecule has 0 saturated heterocycles. The highest BCUT2D eigenvalue weighted by molar-refractivity contribution is 5.20. The fourth-order valence-electron chi connectivity index (χ4n) is 3.16. The topological polar surface area (TPSA) is 28.4 Å². The van der Waals surface area contributed by atoms with Gasteiger partial charge in [0.1, 0.15) is 5.82 Å². The van der Waals surface area contributed by atoms with Crippen LogP contribution in [0.4, 0.5) is 4.39 Å². The molecule has 27 heavy (non-hydrogen) atoms. The molecule has 0 bridgehead atoms. The average molecular weight is 366 g/mol. The first kappa shape index (κ1) is 19.3. The molecular weight excluding hydrogens is 339 g/mol. The number of rotatable bonds is 8. The lowest BCUT2D eigenvalue weighted by molar-refractivity contribution is 0.0423. The highest BCUT2D eigenvalue weighted by atomic mass is 19.1. The number of hydrogen-bond donors (Lipinski definition) is 1. The van der Waals surface area contributed by atoms with Gasteiger partial charge in [-0.15, -0.1) is 0 Å². The Hall–Kier alpha value is -2.43. The summed E-state index contributed by atoms with van der Waals surface area (Å²) in [7, 11) is 0. The normalized spacial score (nSPS) is 11.9. The first-order valence-electron chi connectivity index (χ1n) is 9.26. The number of aliphatic hydroxyl groups is 1. The summed E-state index contributed by atoms with van der Waals surface area (Å²) in [6.45, 7) is 6.25. The maximum atomic E-state index is 13.5. The van der Waals surface area contributed by atoms with Gasteiger partial charge in [0.2, 0.25) is 0 Å². The standard InChI is InChI=1S/C23H27FN2O/c1-23(2,18-27)26(16-19-8-4-3-5-9-19)17-22-12-7-13-25(22)15-20-10-6-11-21(24)14-20/h3-14,27H,15-18H2,1-2H3. The maximum Gasteiger partial charge on any atom is 0.123 e. The summed E-state index contributed by atoms with van der Waals surface area (Å²) in [6.07, 6.45) is 2.02. The minimum atomic E-state index is -0.357. The van der Waals surface area contributed by atoms with Gasteiger partial charge in [0, 0.05) is 37.1 Å². The lowest BCUT2D eigenvalue weighted by Gasteiger charge is -2.37. The largest absolute Gasteiger partial charge is 0.394 e. The quantitative estimate of drug-likeness (QED) is 0.638. The van der Waals surface area contributed by atoms with Crippen LogP contribution in [0.2, 0.25) is 0 Å². The number of aromatic nitrogens is 1. The number of benzene rings is 2. The van der Waals surface area contributed by atoms with Crippen LogP contribution in [0.3, 0.4) is 0 Å². The number of hydrogen-bond acceptors (Lipinski definition) is 2. The van der Waals surface area contributed by atoms with Gasteiger partial charge in [-0.2, -0.15) is 0 Å². The third kappa shape index (κ3) is 5.06. The predicted molar refractivity (Wildman–Crippen MR) is 107 cm³/mol. The van der Waals surface area contributed by atoms with Crippen LogP contribution in [0, 0.1) is 5.82 Å². The summed E-state index contributed by atoms with van der Waals surface area (Å²) in [5.41, 5.74) is 2.92. The molecule has 2 aromatic carbocycles. The molecule has 0 saturated carbocycles. The Morgan fingerprint density at radius 1 is 0.926 bits per heavy atom. The second-order valence-electron chi connectivity index (χ2n) is 7.57. The number of aliphatic hydroxyl groups excluding tert-OH is 1. The molecule has 0 aliphatic rings. The Balaban J connectivity index is 1.81. The summed E-state index contributed by atoms with van der Waals surface area (Å²) in [5, 5.41) is 9.92. The Morgan fingerprint density at radius 3 is 2.37 bits per heavy atom. The van der Waals surface area contributed by atoms with Gasteiger partial charge < -0.3 is 9.67 Å². The van der Waals surface area contributed by atoms with E-state index in [1.807, 2.05) is 36.5 Å². The van der Waals surface area contributed by atoms with Crippen LogP contribution >= 0.6 is 0 Å². The molecule has 1 N–H and O–H groups in total. The minimum Gasteiger partial charge on any atom is -0.394 e. The average Bonchev–Trinajstić information content (AvgIpc) is 3.09. The molecule has 0 amide bonds. The van der Waals surface area contributed by atoms with Crippen molar-refractivity contribution in [3.63, 3.8) is 0 Å². The molecule has 0 atom stereocenters. The molecule has 0 unspecified atom stereocenters. The second-order valence-corrected chi connectivity index (χ2v) is 7.57. The van der Waals surface area contributed by atoms with Crippen LogP contribution in [0.5, 0.6) is 0 Å². The zero-order chi connectivity index (χ0) is 19.3. The Morgan fingerprint density at radius 2 is 1.67 bits per heavy atom. The van der Waals surface area contributed by atoms with Crippen molar-refractivity contribution in [2.24, 2.45) is 0 Å². The van der Waals surface area contributed by atoms with Crippen molar-refractivity contribution in [1.29, 1.82) is 0 Å². The Kier molecular flexibility index (Phi) is 6.09. The third-order valence-corrected chi connectivity index (χ3v) is 4.98. The molecule has 3 aromatic rings. The fourth-order valence-corrected chi connectivity index (χ4v) is 3.16. The number of halogens is 1. The van der Waals surface area contributed by atoms with E-state index in [0.29, 0.717) is 13.1 Å². The van der Waals surface area contributed by atoms with Gasteiger partial charge in [-0.3, -0.25) is 4.90 Å². The second kappa shape index (κ2) is 8.51. The van der Waals surface area contributed by atoms with Gasteiger partial charge in [-0.25, -0.2) is 4.39 Å². The lowest BCUT2D eigenvalue weighted by Crippen LogP contribution is -2.46. The molecule has 0 aliphatic heterocycles. The van der Waals surface area contributed by atoms with E-state index in [0.717, 1.165) is 17.8 Å². The van der Waals surface area contributed by atoms with E-state index < -0.39 is 0 Å². The third-order valence-electron chi connectivity index (χ3n) is 4.98. The highest BCUT2D eigenvalue weighted by Gasteiger charge is 2.27. The Bertz CT molecular complexity index is 858. The van der Waals surface area contributed by atoms with E-state index in [1.165, 1.54) is 11.6 Å². The van der Waals surface area contributed by atoms with E-state index in [9.17, 15) is 9.50 Å². The summed E-state index contributed by atoms with van der Waals surface area (Å²) in [6, 6.07) is 21.1. The van der Waals surface area contributed by atoms with Crippen molar-refractivity contribution in [3.8, 4) is 0 Å². The monoisotopic (exact) mass is 366 g/mol. The van der Waals surface area contributed by atoms with Gasteiger partial charge in [0.25, 0.3) is 0 Å². The summed E-state index contributed by atoms with van der Waals surface area (Å²) in [5.74, 6) is -0.215. The van der Waals surface area contributed by atoms with Crippen LogP contribution in [0.25, 0.3) is 0 Å². The lowest BCUT2D eigenvalue weighted by atomic mass is 10.0. The van der Waals surface area contributed by atoms with Crippen molar-refractivity contribution in [2.75, 3.05) is 6.61 Å². The molecule has 0 radical (unpaired) electrons. The van der Waals surface area contributed by atoms with Crippen LogP contribution < -0.4 is 0 Å². The van der Waals surface area contributed by atoms with E-state index in [1.54, 1.807) is 12.1 Å². The van der Waals surface area contributed by atoms with Crippen LogP contribution in [-0.2, 0) is 19.6 Å². The molecule has 142 valence electrons. The zero-order valence-electron chi connectivity index (χ0n) is 16.0. The molecule has 3 nitrogen and oxygen atoms in total. The van der Waals surface area contributed by atoms with Gasteiger partial charge in [-0.05, 0) is 49.2 Å². The Labute approximate surface area is 160 Å². The van der Waals surface area contributed by atoms with Crippen molar-refractivity contribution in [1.82, 2.24) is 9.47 Å². The van der Waals surface area contributed by atoms with Crippen molar-refractivity contribution < 1.29 is 9.50 Å². The molecular formula is C23H27FN2O. The molecule has 1 aromatic heterocycles. The molecule has 0 fully saturated rings. The zero-order valence-corrected chi connectivity index (χ0v) is 16.0. The molecule has 3 rings (SSSR count). The van der Waals surface area contributed by atoms with Crippen LogP contribution in [0.1, 0.15) is 30.7 Å². The number of nitrogens with zero attached hydrogens (tertiary/aromatic N) is 2. The first-order valence-corrected chi connectivity index (χ1v) is 9.26. The minimum absolute atomic E-state index is 0.0738. The predicted octanol–water partition coefficient (Wildman–Crippen LogP) is 4.45. The molecule has 4 heteroatoms. The molecule has 0 spiro atoms. The summed E-state index contributed by atoms with van der Waals surface area (Å²) < 4.78 is 15.6.